The van der Waals surface area contributed by atoms with E-state index in [2.05, 4.69) is 0 Å². The molecule has 1 aliphatic rings. The molecule has 6 heteroatoms. The van der Waals surface area contributed by atoms with Gasteiger partial charge < -0.3 is 19.0 Å². The summed E-state index contributed by atoms with van der Waals surface area (Å²) in [6, 6.07) is 6.42. The summed E-state index contributed by atoms with van der Waals surface area (Å²) >= 11 is 0. The Morgan fingerprint density at radius 2 is 1.91 bits per heavy atom. The molecule has 1 aliphatic heterocycles. The van der Waals surface area contributed by atoms with Gasteiger partial charge >= 0.3 is 5.63 Å². The van der Waals surface area contributed by atoms with E-state index in [-0.39, 0.29) is 34.9 Å². The molecule has 0 spiro atoms. The third-order valence-corrected chi connectivity index (χ3v) is 3.72. The van der Waals surface area contributed by atoms with E-state index in [9.17, 15) is 14.7 Å². The van der Waals surface area contributed by atoms with Crippen molar-refractivity contribution in [2.75, 3.05) is 6.79 Å². The lowest BCUT2D eigenvalue weighted by Crippen LogP contribution is -2.04. The van der Waals surface area contributed by atoms with Crippen LogP contribution in [0.4, 0.5) is 0 Å². The maximum absolute atomic E-state index is 12.3. The molecular formula is C16H10O6. The molecule has 1 N–H and O–H groups in total. The molecule has 0 bridgehead atoms. The number of Topliss-reactive ketones (excluding diaryl/α,β-unsaturated/α-hetero) is 1. The fourth-order valence-electron chi connectivity index (χ4n) is 2.77. The van der Waals surface area contributed by atoms with Gasteiger partial charge in [-0.15, -0.1) is 0 Å². The predicted molar refractivity (Wildman–Crippen MR) is 77.8 cm³/mol. The SMILES string of the molecule is CC(=O)c1c(O)ccc2c1oc(=O)c1c3c(ccc12)OCO3. The summed E-state index contributed by atoms with van der Waals surface area (Å²) in [4.78, 5) is 24.1. The summed E-state index contributed by atoms with van der Waals surface area (Å²) in [5, 5.41) is 11.3. The highest BCUT2D eigenvalue weighted by molar-refractivity contribution is 6.14. The van der Waals surface area contributed by atoms with Crippen molar-refractivity contribution >= 4 is 27.5 Å². The second kappa shape index (κ2) is 4.24. The van der Waals surface area contributed by atoms with Crippen LogP contribution in [0.3, 0.4) is 0 Å². The first-order chi connectivity index (χ1) is 10.6. The monoisotopic (exact) mass is 298 g/mol. The molecule has 0 aliphatic carbocycles. The lowest BCUT2D eigenvalue weighted by Gasteiger charge is -2.08. The molecule has 4 rings (SSSR count). The van der Waals surface area contributed by atoms with Crippen molar-refractivity contribution in [1.29, 1.82) is 0 Å². The van der Waals surface area contributed by atoms with Gasteiger partial charge in [-0.05, 0) is 31.2 Å². The van der Waals surface area contributed by atoms with E-state index in [1.807, 2.05) is 0 Å². The van der Waals surface area contributed by atoms with Crippen molar-refractivity contribution < 1.29 is 23.8 Å². The minimum absolute atomic E-state index is 0.00540. The number of carbonyl (C=O) groups excluding carboxylic acids is 1. The maximum Gasteiger partial charge on any atom is 0.348 e. The van der Waals surface area contributed by atoms with Crippen molar-refractivity contribution in [3.05, 3.63) is 40.2 Å². The van der Waals surface area contributed by atoms with Crippen LogP contribution in [0.1, 0.15) is 17.3 Å². The van der Waals surface area contributed by atoms with Gasteiger partial charge in [-0.1, -0.05) is 0 Å². The Labute approximate surface area is 123 Å². The number of hydrogen-bond acceptors (Lipinski definition) is 6. The average molecular weight is 298 g/mol. The van der Waals surface area contributed by atoms with Crippen LogP contribution in [0.15, 0.2) is 33.5 Å². The topological polar surface area (TPSA) is 86.0 Å². The van der Waals surface area contributed by atoms with Gasteiger partial charge in [0.15, 0.2) is 22.9 Å². The standard InChI is InChI=1S/C16H10O6/c1-7(17)12-10(18)4-2-9-8-3-5-11-15(21-6-20-11)13(8)16(19)22-14(9)12/h2-5,18H,6H2,1H3. The van der Waals surface area contributed by atoms with Gasteiger partial charge in [0.25, 0.3) is 0 Å². The van der Waals surface area contributed by atoms with Gasteiger partial charge in [0.1, 0.15) is 16.7 Å². The van der Waals surface area contributed by atoms with Crippen molar-refractivity contribution in [2.24, 2.45) is 0 Å². The van der Waals surface area contributed by atoms with Crippen LogP contribution >= 0.6 is 0 Å². The van der Waals surface area contributed by atoms with Crippen LogP contribution in [-0.2, 0) is 0 Å². The Morgan fingerprint density at radius 3 is 2.68 bits per heavy atom. The van der Waals surface area contributed by atoms with E-state index >= 15 is 0 Å². The fourth-order valence-corrected chi connectivity index (χ4v) is 2.77. The quantitative estimate of drug-likeness (QED) is 0.422. The molecular weight excluding hydrogens is 288 g/mol. The number of rotatable bonds is 1. The summed E-state index contributed by atoms with van der Waals surface area (Å²) in [6.07, 6.45) is 0. The van der Waals surface area contributed by atoms with Crippen LogP contribution < -0.4 is 15.1 Å². The Kier molecular flexibility index (Phi) is 2.45. The molecule has 6 nitrogen and oxygen atoms in total. The van der Waals surface area contributed by atoms with Gasteiger partial charge in [-0.25, -0.2) is 4.79 Å². The number of benzene rings is 2. The molecule has 2 aromatic carbocycles. The van der Waals surface area contributed by atoms with E-state index in [1.54, 1.807) is 18.2 Å². The zero-order valence-corrected chi connectivity index (χ0v) is 11.5. The summed E-state index contributed by atoms with van der Waals surface area (Å²) in [7, 11) is 0. The highest BCUT2D eigenvalue weighted by atomic mass is 16.7. The molecule has 0 saturated heterocycles. The lowest BCUT2D eigenvalue weighted by atomic mass is 10.0. The van der Waals surface area contributed by atoms with E-state index < -0.39 is 5.63 Å². The molecule has 110 valence electrons. The van der Waals surface area contributed by atoms with Crippen molar-refractivity contribution in [2.45, 2.75) is 6.92 Å². The second-order valence-electron chi connectivity index (χ2n) is 5.00. The molecule has 2 heterocycles. The summed E-state index contributed by atoms with van der Waals surface area (Å²) in [6.45, 7) is 1.35. The Bertz CT molecular complexity index is 1010. The molecule has 3 aromatic rings. The Hall–Kier alpha value is -3.02. The minimum atomic E-state index is -0.641. The van der Waals surface area contributed by atoms with E-state index in [4.69, 9.17) is 13.9 Å². The number of hydrogen-bond donors (Lipinski definition) is 1. The molecule has 0 radical (unpaired) electrons. The van der Waals surface area contributed by atoms with Crippen molar-refractivity contribution in [1.82, 2.24) is 0 Å². The van der Waals surface area contributed by atoms with E-state index in [1.165, 1.54) is 13.0 Å². The first kappa shape index (κ1) is 12.7. The zero-order valence-electron chi connectivity index (χ0n) is 11.5. The number of ketones is 1. The van der Waals surface area contributed by atoms with E-state index in [0.29, 0.717) is 22.3 Å². The number of fused-ring (bicyclic) bond motifs is 5. The van der Waals surface area contributed by atoms with Gasteiger partial charge in [0.2, 0.25) is 6.79 Å². The van der Waals surface area contributed by atoms with Crippen LogP contribution in [0.25, 0.3) is 21.7 Å². The smallest absolute Gasteiger partial charge is 0.348 e. The number of aromatic hydroxyl groups is 1. The minimum Gasteiger partial charge on any atom is -0.507 e. The first-order valence-electron chi connectivity index (χ1n) is 6.60. The van der Waals surface area contributed by atoms with Crippen molar-refractivity contribution in [3.63, 3.8) is 0 Å². The lowest BCUT2D eigenvalue weighted by molar-refractivity contribution is 0.101. The zero-order chi connectivity index (χ0) is 15.4. The number of phenols is 1. The summed E-state index contributed by atoms with van der Waals surface area (Å²) in [5.74, 6) is 0.213. The fraction of sp³-hybridized carbons (Fsp3) is 0.125. The van der Waals surface area contributed by atoms with Gasteiger partial charge in [-0.3, -0.25) is 4.79 Å². The highest BCUT2D eigenvalue weighted by Crippen LogP contribution is 2.40. The third kappa shape index (κ3) is 1.54. The molecule has 0 unspecified atom stereocenters. The Morgan fingerprint density at radius 1 is 1.14 bits per heavy atom. The van der Waals surface area contributed by atoms with Crippen LogP contribution in [-0.4, -0.2) is 17.7 Å². The summed E-state index contributed by atoms with van der Waals surface area (Å²) in [5.41, 5.74) is -0.573. The highest BCUT2D eigenvalue weighted by Gasteiger charge is 2.23. The Balaban J connectivity index is 2.25. The van der Waals surface area contributed by atoms with Crippen LogP contribution in [0.2, 0.25) is 0 Å². The van der Waals surface area contributed by atoms with Crippen LogP contribution in [0, 0.1) is 0 Å². The number of ether oxygens (including phenoxy) is 2. The maximum atomic E-state index is 12.3. The number of carbonyl (C=O) groups is 1. The molecule has 0 fully saturated rings. The third-order valence-electron chi connectivity index (χ3n) is 3.72. The normalized spacial score (nSPS) is 13.0. The average Bonchev–Trinajstić information content (AvgIpc) is 2.94. The molecule has 0 amide bonds. The van der Waals surface area contributed by atoms with Gasteiger partial charge in [-0.2, -0.15) is 0 Å². The predicted octanol–water partition coefficient (Wildman–Crippen LogP) is 2.58. The van der Waals surface area contributed by atoms with Crippen molar-refractivity contribution in [3.8, 4) is 17.2 Å². The van der Waals surface area contributed by atoms with Gasteiger partial charge in [0, 0.05) is 10.8 Å². The molecule has 1 aromatic heterocycles. The molecule has 0 saturated carbocycles. The van der Waals surface area contributed by atoms with Gasteiger partial charge in [0.05, 0.1) is 0 Å². The summed E-state index contributed by atoms with van der Waals surface area (Å²) < 4.78 is 15.9. The van der Waals surface area contributed by atoms with E-state index in [0.717, 1.165) is 0 Å². The largest absolute Gasteiger partial charge is 0.507 e. The second-order valence-corrected chi connectivity index (χ2v) is 5.00. The first-order valence-corrected chi connectivity index (χ1v) is 6.60. The van der Waals surface area contributed by atoms with Crippen LogP contribution in [0.5, 0.6) is 17.2 Å². The number of phenolic OH excluding ortho intramolecular Hbond substituents is 1. The molecule has 0 atom stereocenters. The molecule has 22 heavy (non-hydrogen) atoms.